The molecule has 3 heteroatoms. The predicted molar refractivity (Wildman–Crippen MR) is 75.5 cm³/mol. The number of hydrogen-bond acceptors (Lipinski definition) is 2. The summed E-state index contributed by atoms with van der Waals surface area (Å²) in [7, 11) is 0. The smallest absolute Gasteiger partial charge is 0.127 e. The van der Waals surface area contributed by atoms with Crippen LogP contribution in [0.2, 0.25) is 0 Å². The molecule has 104 valence electrons. The minimum atomic E-state index is -0.0799. The first-order valence-corrected chi connectivity index (χ1v) is 7.40. The lowest BCUT2D eigenvalue weighted by molar-refractivity contribution is 0.0908. The largest absolute Gasteiger partial charge is 0.311 e. The molecule has 2 fully saturated rings. The van der Waals surface area contributed by atoms with Gasteiger partial charge in [0.1, 0.15) is 5.82 Å². The van der Waals surface area contributed by atoms with Crippen molar-refractivity contribution in [2.45, 2.75) is 44.8 Å². The van der Waals surface area contributed by atoms with Crippen LogP contribution in [0.25, 0.3) is 0 Å². The number of nitrogens with zero attached hydrogens (tertiary/aromatic N) is 1. The monoisotopic (exact) mass is 262 g/mol. The van der Waals surface area contributed by atoms with E-state index in [1.165, 1.54) is 12.8 Å². The first-order valence-electron chi connectivity index (χ1n) is 7.40. The minimum Gasteiger partial charge on any atom is -0.311 e. The molecule has 0 amide bonds. The first kappa shape index (κ1) is 13.1. The van der Waals surface area contributed by atoms with Crippen molar-refractivity contribution in [3.05, 3.63) is 35.6 Å². The average molecular weight is 262 g/mol. The number of rotatable bonds is 3. The van der Waals surface area contributed by atoms with E-state index >= 15 is 0 Å². The molecular weight excluding hydrogens is 239 g/mol. The SMILES string of the molecule is CC1CNC(C2CC2)CN1C(C)c1ccccc1F. The van der Waals surface area contributed by atoms with Gasteiger partial charge in [0.15, 0.2) is 0 Å². The summed E-state index contributed by atoms with van der Waals surface area (Å²) in [6, 6.07) is 8.40. The zero-order valence-corrected chi connectivity index (χ0v) is 11.8. The van der Waals surface area contributed by atoms with Gasteiger partial charge in [0.2, 0.25) is 0 Å². The summed E-state index contributed by atoms with van der Waals surface area (Å²) < 4.78 is 13.9. The fourth-order valence-electron chi connectivity index (χ4n) is 3.26. The fraction of sp³-hybridized carbons (Fsp3) is 0.625. The lowest BCUT2D eigenvalue weighted by Crippen LogP contribution is -2.56. The van der Waals surface area contributed by atoms with Crippen molar-refractivity contribution >= 4 is 0 Å². The van der Waals surface area contributed by atoms with Crippen LogP contribution in [0.1, 0.15) is 38.3 Å². The van der Waals surface area contributed by atoms with E-state index < -0.39 is 0 Å². The van der Waals surface area contributed by atoms with E-state index in [2.05, 4.69) is 24.1 Å². The molecular formula is C16H23FN2. The molecule has 1 aliphatic heterocycles. The molecule has 3 unspecified atom stereocenters. The molecule has 2 aliphatic rings. The fourth-order valence-corrected chi connectivity index (χ4v) is 3.26. The van der Waals surface area contributed by atoms with Gasteiger partial charge >= 0.3 is 0 Å². The maximum absolute atomic E-state index is 13.9. The molecule has 0 spiro atoms. The molecule has 19 heavy (non-hydrogen) atoms. The molecule has 3 rings (SSSR count). The summed E-state index contributed by atoms with van der Waals surface area (Å²) in [5.74, 6) is 0.770. The molecule has 0 aromatic heterocycles. The summed E-state index contributed by atoms with van der Waals surface area (Å²) in [5, 5.41) is 3.65. The Morgan fingerprint density at radius 3 is 2.74 bits per heavy atom. The Labute approximate surface area is 115 Å². The maximum Gasteiger partial charge on any atom is 0.127 e. The third kappa shape index (κ3) is 2.67. The van der Waals surface area contributed by atoms with Gasteiger partial charge < -0.3 is 5.32 Å². The van der Waals surface area contributed by atoms with Crippen molar-refractivity contribution in [1.82, 2.24) is 10.2 Å². The van der Waals surface area contributed by atoms with Gasteiger partial charge in [0.05, 0.1) is 0 Å². The maximum atomic E-state index is 13.9. The zero-order chi connectivity index (χ0) is 13.4. The molecule has 1 aromatic carbocycles. The second-order valence-electron chi connectivity index (χ2n) is 6.10. The molecule has 1 saturated heterocycles. The van der Waals surface area contributed by atoms with E-state index in [0.29, 0.717) is 12.1 Å². The number of halogens is 1. The van der Waals surface area contributed by atoms with E-state index in [0.717, 1.165) is 24.6 Å². The highest BCUT2D eigenvalue weighted by Gasteiger charge is 2.37. The van der Waals surface area contributed by atoms with Gasteiger partial charge in [-0.3, -0.25) is 4.90 Å². The second kappa shape index (κ2) is 5.22. The third-order valence-electron chi connectivity index (χ3n) is 4.69. The molecule has 1 N–H and O–H groups in total. The van der Waals surface area contributed by atoms with Gasteiger partial charge in [0.25, 0.3) is 0 Å². The van der Waals surface area contributed by atoms with E-state index in [-0.39, 0.29) is 11.9 Å². The molecule has 1 saturated carbocycles. The number of piperazine rings is 1. The summed E-state index contributed by atoms with van der Waals surface area (Å²) >= 11 is 0. The summed E-state index contributed by atoms with van der Waals surface area (Å²) in [5.41, 5.74) is 0.825. The quantitative estimate of drug-likeness (QED) is 0.901. The number of hydrogen-bond donors (Lipinski definition) is 1. The van der Waals surface area contributed by atoms with Crippen LogP contribution in [0, 0.1) is 11.7 Å². The van der Waals surface area contributed by atoms with E-state index in [1.807, 2.05) is 12.1 Å². The van der Waals surface area contributed by atoms with E-state index in [4.69, 9.17) is 0 Å². The van der Waals surface area contributed by atoms with Crippen molar-refractivity contribution < 1.29 is 4.39 Å². The molecule has 1 aromatic rings. The van der Waals surface area contributed by atoms with Crippen LogP contribution >= 0.6 is 0 Å². The van der Waals surface area contributed by atoms with Crippen molar-refractivity contribution in [3.63, 3.8) is 0 Å². The second-order valence-corrected chi connectivity index (χ2v) is 6.10. The molecule has 1 aliphatic carbocycles. The Morgan fingerprint density at radius 2 is 2.05 bits per heavy atom. The first-order chi connectivity index (χ1) is 9.16. The number of benzene rings is 1. The normalized spacial score (nSPS) is 30.3. The molecule has 1 heterocycles. The summed E-state index contributed by atoms with van der Waals surface area (Å²) in [6.07, 6.45) is 2.71. The van der Waals surface area contributed by atoms with Crippen LogP contribution in [0.3, 0.4) is 0 Å². The van der Waals surface area contributed by atoms with Gasteiger partial charge in [-0.2, -0.15) is 0 Å². The summed E-state index contributed by atoms with van der Waals surface area (Å²) in [6.45, 7) is 6.42. The highest BCUT2D eigenvalue weighted by Crippen LogP contribution is 2.36. The van der Waals surface area contributed by atoms with Crippen LogP contribution < -0.4 is 5.32 Å². The van der Waals surface area contributed by atoms with E-state index in [1.54, 1.807) is 12.1 Å². The summed E-state index contributed by atoms with van der Waals surface area (Å²) in [4.78, 5) is 2.46. The van der Waals surface area contributed by atoms with Crippen LogP contribution in [-0.2, 0) is 0 Å². The molecule has 0 radical (unpaired) electrons. The van der Waals surface area contributed by atoms with E-state index in [9.17, 15) is 4.39 Å². The van der Waals surface area contributed by atoms with Gasteiger partial charge in [-0.05, 0) is 38.7 Å². The highest BCUT2D eigenvalue weighted by atomic mass is 19.1. The Hall–Kier alpha value is -0.930. The topological polar surface area (TPSA) is 15.3 Å². The Kier molecular flexibility index (Phi) is 3.59. The lowest BCUT2D eigenvalue weighted by atomic mass is 9.99. The lowest BCUT2D eigenvalue weighted by Gasteiger charge is -2.42. The van der Waals surface area contributed by atoms with Crippen LogP contribution in [0.4, 0.5) is 4.39 Å². The highest BCUT2D eigenvalue weighted by molar-refractivity contribution is 5.21. The van der Waals surface area contributed by atoms with Gasteiger partial charge in [0, 0.05) is 36.8 Å². The van der Waals surface area contributed by atoms with Crippen molar-refractivity contribution in [2.75, 3.05) is 13.1 Å². The van der Waals surface area contributed by atoms with Gasteiger partial charge in [-0.15, -0.1) is 0 Å². The van der Waals surface area contributed by atoms with Crippen LogP contribution in [0.5, 0.6) is 0 Å². The van der Waals surface area contributed by atoms with Crippen molar-refractivity contribution in [3.8, 4) is 0 Å². The van der Waals surface area contributed by atoms with Crippen LogP contribution in [-0.4, -0.2) is 30.1 Å². The number of nitrogens with one attached hydrogen (secondary N) is 1. The molecule has 2 nitrogen and oxygen atoms in total. The average Bonchev–Trinajstić information content (AvgIpc) is 3.23. The Morgan fingerprint density at radius 1 is 1.32 bits per heavy atom. The predicted octanol–water partition coefficient (Wildman–Crippen LogP) is 2.96. The minimum absolute atomic E-state index is 0.0799. The third-order valence-corrected chi connectivity index (χ3v) is 4.69. The Bertz CT molecular complexity index is 444. The Balaban J connectivity index is 1.77. The van der Waals surface area contributed by atoms with Crippen LogP contribution in [0.15, 0.2) is 24.3 Å². The zero-order valence-electron chi connectivity index (χ0n) is 11.8. The van der Waals surface area contributed by atoms with Gasteiger partial charge in [-0.25, -0.2) is 4.39 Å². The molecule has 3 atom stereocenters. The van der Waals surface area contributed by atoms with Crippen molar-refractivity contribution in [1.29, 1.82) is 0 Å². The molecule has 0 bridgehead atoms. The van der Waals surface area contributed by atoms with Crippen molar-refractivity contribution in [2.24, 2.45) is 5.92 Å². The van der Waals surface area contributed by atoms with Gasteiger partial charge in [-0.1, -0.05) is 18.2 Å². The standard InChI is InChI=1S/C16H23FN2/c1-11-9-18-16(13-7-8-13)10-19(11)12(2)14-5-3-4-6-15(14)17/h3-6,11-13,16,18H,7-10H2,1-2H3.